The first kappa shape index (κ1) is 47.5. The lowest BCUT2D eigenvalue weighted by molar-refractivity contribution is -0.150. The third-order valence-corrected chi connectivity index (χ3v) is 10.0. The molecule has 0 aliphatic heterocycles. The molecule has 8 N–H and O–H groups in total. The van der Waals surface area contributed by atoms with Gasteiger partial charge in [0.25, 0.3) is 5.97 Å². The summed E-state index contributed by atoms with van der Waals surface area (Å²) >= 11 is 0. The fourth-order valence-corrected chi connectivity index (χ4v) is 7.59. The van der Waals surface area contributed by atoms with Crippen molar-refractivity contribution in [2.45, 2.75) is 137 Å². The average Bonchev–Trinajstić information content (AvgIpc) is 3.04. The van der Waals surface area contributed by atoms with Gasteiger partial charge in [-0.1, -0.05) is 38.8 Å². The molecular weight excluding hydrogens is 699 g/mol. The van der Waals surface area contributed by atoms with E-state index < -0.39 is 37.4 Å². The third-order valence-electron chi connectivity index (χ3n) is 8.07. The highest BCUT2D eigenvalue weighted by atomic mass is 31.2. The second-order valence-electron chi connectivity index (χ2n) is 14.2. The van der Waals surface area contributed by atoms with Crippen LogP contribution in [-0.2, 0) is 34.8 Å². The van der Waals surface area contributed by atoms with Gasteiger partial charge in [-0.2, -0.15) is 0 Å². The number of carboxylic acid groups (broad SMARTS) is 1. The number of ether oxygens (including phenoxy) is 3. The highest BCUT2D eigenvalue weighted by Gasteiger charge is 2.36. The zero-order valence-corrected chi connectivity index (χ0v) is 34.1. The number of hydrogen-bond donors (Lipinski definition) is 6. The summed E-state index contributed by atoms with van der Waals surface area (Å²) in [6.07, 6.45) is 2.84. The molecule has 2 atom stereocenters. The van der Waals surface area contributed by atoms with E-state index in [2.05, 4.69) is 24.0 Å². The Kier molecular flexibility index (Phi) is 21.6. The first-order valence-corrected chi connectivity index (χ1v) is 20.4. The maximum absolute atomic E-state index is 14.8. The number of nitrogens with two attached hydrogens (primary N) is 2. The number of esters is 2. The van der Waals surface area contributed by atoms with E-state index >= 15 is 0 Å². The van der Waals surface area contributed by atoms with Gasteiger partial charge in [-0.3, -0.25) is 18.9 Å². The first-order chi connectivity index (χ1) is 24.8. The van der Waals surface area contributed by atoms with Crippen LogP contribution in [0.2, 0.25) is 0 Å². The number of hydrogen-bond acceptors (Lipinski definition) is 10. The molecule has 53 heavy (non-hydrogen) atoms. The summed E-state index contributed by atoms with van der Waals surface area (Å²) in [7, 11) is -3.82. The van der Waals surface area contributed by atoms with Crippen LogP contribution in [-0.4, -0.2) is 71.9 Å². The van der Waals surface area contributed by atoms with Gasteiger partial charge in [0.1, 0.15) is 23.6 Å². The van der Waals surface area contributed by atoms with E-state index in [0.717, 1.165) is 34.7 Å². The number of rotatable bonds is 22. The standard InChI is InChI=1S/C37H61N4O7P.C2H4O2/c1-24(2)31-21-29(15-16-35(31)42)22-32-27(7)19-30(20-28(32)8)46-23-49(45,40-33(13-9-11-17-38)36(43)47-25(3)4)41-34(14-10-12-18-39)37(44)48-26(5)6;1-2(3)4/h15-16,19-21,24-26,33-34,42H,9-14,17-18,22-23,38-39H2,1-8H3,(H2,40,41,45);1H3,(H,3,4). The van der Waals surface area contributed by atoms with Gasteiger partial charge in [0.05, 0.1) is 12.2 Å². The second kappa shape index (κ2) is 24.0. The Morgan fingerprint density at radius 3 is 1.64 bits per heavy atom. The fraction of sp³-hybridized carbons (Fsp3) is 0.615. The first-order valence-electron chi connectivity index (χ1n) is 18.5. The van der Waals surface area contributed by atoms with Gasteiger partial charge in [0, 0.05) is 6.92 Å². The minimum absolute atomic E-state index is 0.191. The average molecular weight is 765 g/mol. The van der Waals surface area contributed by atoms with Crippen molar-refractivity contribution in [3.05, 3.63) is 58.1 Å². The summed E-state index contributed by atoms with van der Waals surface area (Å²) in [6, 6.07) is 7.66. The van der Waals surface area contributed by atoms with Crippen molar-refractivity contribution in [2.75, 3.05) is 19.4 Å². The van der Waals surface area contributed by atoms with Gasteiger partial charge in [0.15, 0.2) is 6.35 Å². The van der Waals surface area contributed by atoms with E-state index in [0.29, 0.717) is 69.5 Å². The Hall–Kier alpha value is -3.48. The van der Waals surface area contributed by atoms with Crippen LogP contribution < -0.4 is 26.4 Å². The van der Waals surface area contributed by atoms with Crippen LogP contribution in [0.4, 0.5) is 0 Å². The van der Waals surface area contributed by atoms with Crippen LogP contribution >= 0.6 is 7.44 Å². The number of aryl methyl sites for hydroxylation is 2. The molecule has 2 rings (SSSR count). The molecule has 0 heterocycles. The van der Waals surface area contributed by atoms with Crippen molar-refractivity contribution in [2.24, 2.45) is 11.5 Å². The molecule has 0 aromatic heterocycles. The van der Waals surface area contributed by atoms with Crippen LogP contribution in [0.5, 0.6) is 11.5 Å². The van der Waals surface area contributed by atoms with E-state index in [1.54, 1.807) is 33.8 Å². The molecule has 300 valence electrons. The lowest BCUT2D eigenvalue weighted by Crippen LogP contribution is -2.46. The molecule has 2 unspecified atom stereocenters. The lowest BCUT2D eigenvalue weighted by Gasteiger charge is -2.30. The SMILES string of the molecule is CC(=O)O.Cc1cc(OCP(=O)(NC(CCCCN)C(=O)OC(C)C)NC(CCCCN)C(=O)OC(C)C)cc(C)c1Cc1ccc(O)c(C(C)C)c1. The summed E-state index contributed by atoms with van der Waals surface area (Å²) in [4.78, 5) is 35.4. The number of phenols is 1. The maximum atomic E-state index is 14.8. The van der Waals surface area contributed by atoms with Gasteiger partial charge >= 0.3 is 11.9 Å². The van der Waals surface area contributed by atoms with Crippen molar-refractivity contribution in [1.82, 2.24) is 10.2 Å². The van der Waals surface area contributed by atoms with Crippen LogP contribution in [0.1, 0.15) is 121 Å². The van der Waals surface area contributed by atoms with Crippen molar-refractivity contribution >= 4 is 25.4 Å². The Morgan fingerprint density at radius 2 is 1.25 bits per heavy atom. The molecule has 2 aromatic carbocycles. The topological polar surface area (TPSA) is 213 Å². The Balaban J connectivity index is 0.00000333. The molecule has 0 fully saturated rings. The van der Waals surface area contributed by atoms with Gasteiger partial charge in [0.2, 0.25) is 7.44 Å². The smallest absolute Gasteiger partial charge is 0.323 e. The number of carbonyl (C=O) groups is 3. The number of aliphatic carboxylic acids is 1. The molecule has 14 heteroatoms. The third kappa shape index (κ3) is 18.4. The summed E-state index contributed by atoms with van der Waals surface area (Å²) in [5.74, 6) is -0.921. The quantitative estimate of drug-likeness (QED) is 0.0435. The van der Waals surface area contributed by atoms with Crippen molar-refractivity contribution < 1.29 is 43.4 Å². The van der Waals surface area contributed by atoms with Crippen LogP contribution in [0.25, 0.3) is 0 Å². The summed E-state index contributed by atoms with van der Waals surface area (Å²) in [5.41, 5.74) is 16.5. The highest BCUT2D eigenvalue weighted by Crippen LogP contribution is 2.40. The predicted molar refractivity (Wildman–Crippen MR) is 209 cm³/mol. The van der Waals surface area contributed by atoms with Crippen LogP contribution in [0, 0.1) is 13.8 Å². The molecule has 0 radical (unpaired) electrons. The predicted octanol–water partition coefficient (Wildman–Crippen LogP) is 6.42. The van der Waals surface area contributed by atoms with Crippen molar-refractivity contribution in [3.8, 4) is 11.5 Å². The van der Waals surface area contributed by atoms with Crippen molar-refractivity contribution in [3.63, 3.8) is 0 Å². The molecule has 0 aliphatic carbocycles. The Labute approximate surface area is 316 Å². The van der Waals surface area contributed by atoms with E-state index in [4.69, 9.17) is 35.6 Å². The van der Waals surface area contributed by atoms with Crippen LogP contribution in [0.3, 0.4) is 0 Å². The number of phenolic OH excluding ortho intramolecular Hbond substituents is 1. The normalized spacial score (nSPS) is 13.5. The number of benzene rings is 2. The Bertz CT molecular complexity index is 1430. The summed E-state index contributed by atoms with van der Waals surface area (Å²) in [6.45, 7) is 17.1. The van der Waals surface area contributed by atoms with E-state index in [-0.39, 0.29) is 24.5 Å². The Morgan fingerprint density at radius 1 is 0.792 bits per heavy atom. The zero-order valence-electron chi connectivity index (χ0n) is 33.2. The van der Waals surface area contributed by atoms with Gasteiger partial charge in [-0.25, -0.2) is 10.2 Å². The minimum Gasteiger partial charge on any atom is -0.508 e. The van der Waals surface area contributed by atoms with Gasteiger partial charge < -0.3 is 35.9 Å². The second-order valence-corrected chi connectivity index (χ2v) is 16.5. The maximum Gasteiger partial charge on any atom is 0.323 e. The van der Waals surface area contributed by atoms with Crippen LogP contribution in [0.15, 0.2) is 30.3 Å². The molecule has 13 nitrogen and oxygen atoms in total. The fourth-order valence-electron chi connectivity index (χ4n) is 5.56. The van der Waals surface area contributed by atoms with Crippen molar-refractivity contribution in [1.29, 1.82) is 0 Å². The summed E-state index contributed by atoms with van der Waals surface area (Å²) < 4.78 is 32.1. The number of carboxylic acids is 1. The van der Waals surface area contributed by atoms with E-state index in [1.165, 1.54) is 0 Å². The van der Waals surface area contributed by atoms with E-state index in [9.17, 15) is 19.3 Å². The number of aromatic hydroxyl groups is 1. The number of nitrogens with one attached hydrogen (secondary N) is 2. The lowest BCUT2D eigenvalue weighted by atomic mass is 9.93. The molecule has 0 aliphatic rings. The monoisotopic (exact) mass is 764 g/mol. The molecule has 2 aromatic rings. The molecular formula is C39H65N4O9P. The number of carbonyl (C=O) groups excluding carboxylic acids is 2. The molecule has 0 amide bonds. The minimum atomic E-state index is -3.82. The molecule has 0 saturated carbocycles. The largest absolute Gasteiger partial charge is 0.508 e. The number of unbranched alkanes of at least 4 members (excludes halogenated alkanes) is 2. The molecule has 0 spiro atoms. The van der Waals surface area contributed by atoms with Gasteiger partial charge in [-0.05, 0) is 139 Å². The van der Waals surface area contributed by atoms with Gasteiger partial charge in [-0.15, -0.1) is 0 Å². The molecule has 0 saturated heterocycles. The summed E-state index contributed by atoms with van der Waals surface area (Å²) in [5, 5.41) is 23.8. The highest BCUT2D eigenvalue weighted by molar-refractivity contribution is 7.59. The molecule has 0 bridgehead atoms. The zero-order chi connectivity index (χ0) is 40.3. The van der Waals surface area contributed by atoms with E-state index in [1.807, 2.05) is 38.1 Å².